The van der Waals surface area contributed by atoms with Crippen molar-refractivity contribution >= 4 is 45.9 Å². The molecule has 12 nitrogen and oxygen atoms in total. The van der Waals surface area contributed by atoms with Crippen LogP contribution in [0.1, 0.15) is 18.9 Å². The number of nitrogens with zero attached hydrogens (tertiary/aromatic N) is 1. The van der Waals surface area contributed by atoms with Crippen molar-refractivity contribution in [3.05, 3.63) is 29.8 Å². The fourth-order valence-electron chi connectivity index (χ4n) is 2.06. The summed E-state index contributed by atoms with van der Waals surface area (Å²) in [6.45, 7) is 0.317. The first-order valence-corrected chi connectivity index (χ1v) is 9.73. The van der Waals surface area contributed by atoms with Crippen molar-refractivity contribution in [1.82, 2.24) is 15.2 Å². The molecule has 1 aromatic carbocycles. The number of nitrogens with one attached hydrogen (secondary N) is 2. The molecule has 2 rings (SSSR count). The maximum absolute atomic E-state index is 12.2. The quantitative estimate of drug-likeness (QED) is 0.629. The van der Waals surface area contributed by atoms with Gasteiger partial charge in [-0.1, -0.05) is 12.1 Å². The highest BCUT2D eigenvalue weighted by atomic mass is 35.5. The van der Waals surface area contributed by atoms with E-state index in [1.807, 2.05) is 0 Å². The van der Waals surface area contributed by atoms with Gasteiger partial charge in [-0.2, -0.15) is 12.8 Å². The van der Waals surface area contributed by atoms with Gasteiger partial charge in [-0.05, 0) is 17.7 Å². The molecule has 0 radical (unpaired) electrons. The van der Waals surface area contributed by atoms with Crippen LogP contribution in [-0.4, -0.2) is 49.5 Å². The van der Waals surface area contributed by atoms with Gasteiger partial charge >= 0.3 is 22.3 Å². The van der Waals surface area contributed by atoms with Crippen LogP contribution in [0.25, 0.3) is 0 Å². The Morgan fingerprint density at radius 3 is 2.76 bits per heavy atom. The normalized spacial score (nSPS) is 18.8. The molecule has 14 heteroatoms. The molecule has 1 atom stereocenters. The maximum atomic E-state index is 12.2. The molecule has 1 heterocycles. The van der Waals surface area contributed by atoms with Crippen molar-refractivity contribution < 1.29 is 41.4 Å². The standard InChI is InChI=1S/C15H16ClN3O9S/c1-9(20)19(16)15(23)26-6-5-12-13(21)18-28-29(24,25)11-4-2-3-10(7-11)8-27-14(22)17-12/h2-4,7,12H,5-6,8H2,1H3,(H,17,22)(H,18,21)/t12-/m0/s1. The van der Waals surface area contributed by atoms with E-state index in [1.54, 1.807) is 5.48 Å². The Bertz CT molecular complexity index is 921. The third-order valence-electron chi connectivity index (χ3n) is 3.49. The van der Waals surface area contributed by atoms with Crippen LogP contribution in [-0.2, 0) is 40.1 Å². The minimum atomic E-state index is -4.32. The Morgan fingerprint density at radius 1 is 1.34 bits per heavy atom. The monoisotopic (exact) mass is 449 g/mol. The number of carbonyl (C=O) groups excluding carboxylic acids is 4. The smallest absolute Gasteiger partial charge is 0.431 e. The second-order valence-corrected chi connectivity index (χ2v) is 7.51. The van der Waals surface area contributed by atoms with Gasteiger partial charge in [0, 0.05) is 25.1 Å². The summed E-state index contributed by atoms with van der Waals surface area (Å²) in [6.07, 6.45) is -2.47. The van der Waals surface area contributed by atoms with Crippen molar-refractivity contribution in [1.29, 1.82) is 0 Å². The molecule has 2 bridgehead atoms. The summed E-state index contributed by atoms with van der Waals surface area (Å²) in [5.74, 6) is -1.84. The number of benzene rings is 1. The number of fused-ring (bicyclic) bond motifs is 2. The van der Waals surface area contributed by atoms with E-state index in [9.17, 15) is 27.6 Å². The Hall–Kier alpha value is -2.90. The molecule has 0 saturated heterocycles. The molecule has 0 aromatic heterocycles. The zero-order chi connectivity index (χ0) is 21.6. The van der Waals surface area contributed by atoms with Crippen molar-refractivity contribution in [3.63, 3.8) is 0 Å². The lowest BCUT2D eigenvalue weighted by atomic mass is 10.2. The lowest BCUT2D eigenvalue weighted by Crippen LogP contribution is -2.48. The van der Waals surface area contributed by atoms with Crippen LogP contribution in [0.5, 0.6) is 0 Å². The van der Waals surface area contributed by atoms with Crippen LogP contribution in [0, 0.1) is 0 Å². The van der Waals surface area contributed by atoms with E-state index >= 15 is 0 Å². The number of hydrogen-bond donors (Lipinski definition) is 2. The predicted octanol–water partition coefficient (Wildman–Crippen LogP) is 0.560. The summed E-state index contributed by atoms with van der Waals surface area (Å²) in [5.41, 5.74) is 2.09. The van der Waals surface area contributed by atoms with E-state index in [0.717, 1.165) is 6.92 Å². The van der Waals surface area contributed by atoms with Gasteiger partial charge in [-0.3, -0.25) is 9.59 Å². The lowest BCUT2D eigenvalue weighted by Gasteiger charge is -2.19. The van der Waals surface area contributed by atoms with Gasteiger partial charge in [0.15, 0.2) is 0 Å². The first-order chi connectivity index (χ1) is 13.6. The van der Waals surface area contributed by atoms with Gasteiger partial charge < -0.3 is 14.8 Å². The van der Waals surface area contributed by atoms with Gasteiger partial charge in [0.2, 0.25) is 5.91 Å². The number of halogens is 1. The molecule has 0 spiro atoms. The van der Waals surface area contributed by atoms with Gasteiger partial charge in [0.1, 0.15) is 12.6 Å². The molecule has 0 unspecified atom stereocenters. The molecule has 1 aliphatic rings. The topological polar surface area (TPSA) is 157 Å². The molecule has 1 aromatic rings. The Morgan fingerprint density at radius 2 is 2.07 bits per heavy atom. The molecule has 158 valence electrons. The van der Waals surface area contributed by atoms with E-state index < -0.39 is 46.8 Å². The summed E-state index contributed by atoms with van der Waals surface area (Å²) in [4.78, 5) is 46.3. The maximum Gasteiger partial charge on any atom is 0.431 e. The number of carbonyl (C=O) groups is 4. The number of cyclic esters (lactones) is 1. The molecule has 29 heavy (non-hydrogen) atoms. The van der Waals surface area contributed by atoms with Crippen LogP contribution >= 0.6 is 11.8 Å². The number of imide groups is 1. The molecular weight excluding hydrogens is 434 g/mol. The minimum absolute atomic E-state index is 0.187. The number of ether oxygens (including phenoxy) is 2. The second-order valence-electron chi connectivity index (χ2n) is 5.63. The van der Waals surface area contributed by atoms with Crippen molar-refractivity contribution in [2.75, 3.05) is 6.61 Å². The van der Waals surface area contributed by atoms with Crippen LogP contribution in [0.2, 0.25) is 0 Å². The van der Waals surface area contributed by atoms with E-state index in [4.69, 9.17) is 21.3 Å². The van der Waals surface area contributed by atoms with Crippen LogP contribution < -0.4 is 10.8 Å². The number of hydroxylamine groups is 1. The average Bonchev–Trinajstić information content (AvgIpc) is 2.68. The molecule has 4 amide bonds. The zero-order valence-electron chi connectivity index (χ0n) is 14.9. The molecule has 0 aliphatic carbocycles. The zero-order valence-corrected chi connectivity index (χ0v) is 16.5. The number of alkyl carbamates (subject to hydrolysis) is 1. The highest BCUT2D eigenvalue weighted by Crippen LogP contribution is 2.15. The lowest BCUT2D eigenvalue weighted by molar-refractivity contribution is -0.130. The van der Waals surface area contributed by atoms with E-state index in [-0.39, 0.29) is 22.3 Å². The summed E-state index contributed by atoms with van der Waals surface area (Å²) in [6, 6.07) is 4.02. The SMILES string of the molecule is CC(=O)N(Cl)C(=O)OCC[C@@H]1NC(=O)OCc2cccc(c2)S(=O)(=O)ONC1=O. The second kappa shape index (κ2) is 9.54. The summed E-state index contributed by atoms with van der Waals surface area (Å²) >= 11 is 5.38. The number of rotatable bonds is 3. The summed E-state index contributed by atoms with van der Waals surface area (Å²) < 4.78 is 38.7. The van der Waals surface area contributed by atoms with Gasteiger partial charge in [0.05, 0.1) is 11.5 Å². The van der Waals surface area contributed by atoms with Crippen LogP contribution in [0.15, 0.2) is 29.2 Å². The van der Waals surface area contributed by atoms with Crippen molar-refractivity contribution in [3.8, 4) is 0 Å². The Labute approximate surface area is 170 Å². The van der Waals surface area contributed by atoms with E-state index in [1.165, 1.54) is 24.3 Å². The largest absolute Gasteiger partial charge is 0.448 e. The highest BCUT2D eigenvalue weighted by molar-refractivity contribution is 7.86. The Balaban J connectivity index is 2.09. The third kappa shape index (κ3) is 6.30. The molecule has 0 fully saturated rings. The number of amides is 4. The van der Waals surface area contributed by atoms with E-state index in [0.29, 0.717) is 5.56 Å². The average molecular weight is 450 g/mol. The Kier molecular flexibility index (Phi) is 7.36. The van der Waals surface area contributed by atoms with Gasteiger partial charge in [-0.25, -0.2) is 15.1 Å². The molecule has 2 N–H and O–H groups in total. The first-order valence-electron chi connectivity index (χ1n) is 7.99. The third-order valence-corrected chi connectivity index (χ3v) is 5.00. The molecule has 0 saturated carbocycles. The predicted molar refractivity (Wildman–Crippen MR) is 94.3 cm³/mol. The summed E-state index contributed by atoms with van der Waals surface area (Å²) in [7, 11) is -4.32. The highest BCUT2D eigenvalue weighted by Gasteiger charge is 2.27. The van der Waals surface area contributed by atoms with Crippen molar-refractivity contribution in [2.45, 2.75) is 30.9 Å². The fraction of sp³-hybridized carbons (Fsp3) is 0.333. The van der Waals surface area contributed by atoms with Gasteiger partial charge in [-0.15, -0.1) is 4.28 Å². The molecule has 1 aliphatic heterocycles. The first kappa shape index (κ1) is 22.4. The van der Waals surface area contributed by atoms with E-state index in [2.05, 4.69) is 9.60 Å². The molecular formula is C15H16ClN3O9S. The van der Waals surface area contributed by atoms with Crippen LogP contribution in [0.4, 0.5) is 9.59 Å². The number of hydrogen-bond acceptors (Lipinski definition) is 9. The van der Waals surface area contributed by atoms with Crippen LogP contribution in [0.3, 0.4) is 0 Å². The van der Waals surface area contributed by atoms with Crippen molar-refractivity contribution in [2.24, 2.45) is 0 Å². The fourth-order valence-corrected chi connectivity index (χ4v) is 2.93. The summed E-state index contributed by atoms with van der Waals surface area (Å²) in [5, 5.41) is 2.19. The van der Waals surface area contributed by atoms with Gasteiger partial charge in [0.25, 0.3) is 5.91 Å². The minimum Gasteiger partial charge on any atom is -0.448 e.